The highest BCUT2D eigenvalue weighted by atomic mass is 19.3. The van der Waals surface area contributed by atoms with E-state index in [2.05, 4.69) is 9.72 Å². The van der Waals surface area contributed by atoms with Crippen molar-refractivity contribution in [3.8, 4) is 0 Å². The molecule has 0 bridgehead atoms. The number of alkyl halides is 2. The van der Waals surface area contributed by atoms with Crippen LogP contribution in [0.25, 0.3) is 0 Å². The van der Waals surface area contributed by atoms with Gasteiger partial charge in [0.05, 0.1) is 6.61 Å². The van der Waals surface area contributed by atoms with Crippen molar-refractivity contribution in [2.45, 2.75) is 71.3 Å². The number of hydrogen-bond donors (Lipinski definition) is 0. The number of pyridine rings is 1. The lowest BCUT2D eigenvalue weighted by molar-refractivity contribution is -0.172. The van der Waals surface area contributed by atoms with Gasteiger partial charge in [0.1, 0.15) is 11.4 Å². The molecule has 2 rings (SSSR count). The second kappa shape index (κ2) is 8.84. The van der Waals surface area contributed by atoms with Crippen LogP contribution in [-0.2, 0) is 27.1 Å². The molecule has 0 fully saturated rings. The van der Waals surface area contributed by atoms with Gasteiger partial charge in [-0.25, -0.2) is 14.6 Å². The van der Waals surface area contributed by atoms with E-state index in [9.17, 15) is 18.4 Å². The highest BCUT2D eigenvalue weighted by molar-refractivity contribution is 5.88. The smallest absolute Gasteiger partial charge is 0.416 e. The van der Waals surface area contributed by atoms with Crippen LogP contribution in [0.4, 0.5) is 19.4 Å². The second-order valence-electron chi connectivity index (χ2n) is 7.80. The molecule has 156 valence electrons. The van der Waals surface area contributed by atoms with Gasteiger partial charge in [-0.05, 0) is 65.0 Å². The minimum atomic E-state index is -3.51. The van der Waals surface area contributed by atoms with Gasteiger partial charge in [0.25, 0.3) is 0 Å². The number of fused-ring (bicyclic) bond motifs is 1. The number of carbonyl (C=O) groups excluding carboxylic acids is 2. The van der Waals surface area contributed by atoms with Crippen LogP contribution in [0.1, 0.15) is 58.2 Å². The number of halogens is 2. The minimum absolute atomic E-state index is 0.0735. The summed E-state index contributed by atoms with van der Waals surface area (Å²) in [5.41, 5.74) is 0.900. The highest BCUT2D eigenvalue weighted by Crippen LogP contribution is 2.28. The van der Waals surface area contributed by atoms with E-state index in [1.165, 1.54) is 11.8 Å². The first-order valence-electron chi connectivity index (χ1n) is 9.58. The van der Waals surface area contributed by atoms with Crippen LogP contribution in [0, 0.1) is 0 Å². The van der Waals surface area contributed by atoms with Crippen LogP contribution in [0.3, 0.4) is 0 Å². The first-order chi connectivity index (χ1) is 13.0. The summed E-state index contributed by atoms with van der Waals surface area (Å²) in [4.78, 5) is 29.8. The van der Waals surface area contributed by atoms with E-state index in [0.29, 0.717) is 18.1 Å². The summed E-state index contributed by atoms with van der Waals surface area (Å²) in [6.07, 6.45) is 0.864. The van der Waals surface area contributed by atoms with Gasteiger partial charge in [0.2, 0.25) is 0 Å². The normalized spacial score (nSPS) is 14.4. The predicted molar refractivity (Wildman–Crippen MR) is 101 cm³/mol. The zero-order chi connectivity index (χ0) is 20.9. The van der Waals surface area contributed by atoms with Gasteiger partial charge in [-0.2, -0.15) is 8.78 Å². The van der Waals surface area contributed by atoms with E-state index < -0.39 is 30.0 Å². The number of aryl methyl sites for hydroxylation is 2. The highest BCUT2D eigenvalue weighted by Gasteiger charge is 2.39. The molecule has 0 radical (unpaired) electrons. The van der Waals surface area contributed by atoms with Crippen LogP contribution >= 0.6 is 0 Å². The monoisotopic (exact) mass is 398 g/mol. The predicted octanol–water partition coefficient (Wildman–Crippen LogP) is 4.29. The molecule has 0 spiro atoms. The van der Waals surface area contributed by atoms with E-state index in [1.807, 2.05) is 6.07 Å². The fraction of sp³-hybridized carbons (Fsp3) is 0.650. The van der Waals surface area contributed by atoms with Crippen LogP contribution in [-0.4, -0.2) is 41.7 Å². The maximum Gasteiger partial charge on any atom is 0.416 e. The van der Waals surface area contributed by atoms with E-state index in [4.69, 9.17) is 4.74 Å². The molecule has 1 amide bonds. The molecule has 28 heavy (non-hydrogen) atoms. The minimum Gasteiger partial charge on any atom is -0.462 e. The number of aromatic nitrogens is 1. The molecule has 2 heterocycles. The van der Waals surface area contributed by atoms with Crippen molar-refractivity contribution < 1.29 is 27.8 Å². The van der Waals surface area contributed by atoms with Gasteiger partial charge in [0.15, 0.2) is 0 Å². The Morgan fingerprint density at radius 2 is 1.96 bits per heavy atom. The van der Waals surface area contributed by atoms with Crippen molar-refractivity contribution in [2.24, 2.45) is 0 Å². The van der Waals surface area contributed by atoms with Gasteiger partial charge in [-0.1, -0.05) is 6.07 Å². The molecule has 0 aliphatic carbocycles. The molecule has 0 N–H and O–H groups in total. The van der Waals surface area contributed by atoms with Gasteiger partial charge < -0.3 is 9.47 Å². The fourth-order valence-electron chi connectivity index (χ4n) is 2.94. The summed E-state index contributed by atoms with van der Waals surface area (Å²) in [5, 5.41) is 0. The van der Waals surface area contributed by atoms with Crippen molar-refractivity contribution in [2.75, 3.05) is 18.1 Å². The number of hydrogen-bond acceptors (Lipinski definition) is 5. The first kappa shape index (κ1) is 22.0. The Labute approximate surface area is 164 Å². The van der Waals surface area contributed by atoms with Gasteiger partial charge in [-0.15, -0.1) is 0 Å². The molecule has 0 saturated carbocycles. The first-order valence-corrected chi connectivity index (χ1v) is 9.58. The van der Waals surface area contributed by atoms with Gasteiger partial charge in [-0.3, -0.25) is 4.90 Å². The number of nitrogens with zero attached hydrogens (tertiary/aromatic N) is 2. The summed E-state index contributed by atoms with van der Waals surface area (Å²) in [7, 11) is 0. The molecule has 0 atom stereocenters. The lowest BCUT2D eigenvalue weighted by Gasteiger charge is -2.31. The van der Waals surface area contributed by atoms with Gasteiger partial charge in [0, 0.05) is 18.7 Å². The molecule has 6 nitrogen and oxygen atoms in total. The van der Waals surface area contributed by atoms with E-state index >= 15 is 0 Å². The zero-order valence-electron chi connectivity index (χ0n) is 16.9. The van der Waals surface area contributed by atoms with Crippen molar-refractivity contribution in [1.29, 1.82) is 0 Å². The molecular weight excluding hydrogens is 370 g/mol. The molecule has 8 heteroatoms. The summed E-state index contributed by atoms with van der Waals surface area (Å²) in [5.74, 6) is -4.48. The molecular formula is C20H28F2N2O4. The number of anilines is 1. The number of carbonyl (C=O) groups is 2. The Morgan fingerprint density at radius 1 is 1.25 bits per heavy atom. The van der Waals surface area contributed by atoms with E-state index in [0.717, 1.165) is 18.4 Å². The largest absolute Gasteiger partial charge is 0.462 e. The quantitative estimate of drug-likeness (QED) is 0.669. The average Bonchev–Trinajstić information content (AvgIpc) is 2.59. The molecule has 1 aliphatic heterocycles. The third kappa shape index (κ3) is 5.87. The Balaban J connectivity index is 2.06. The van der Waals surface area contributed by atoms with Crippen molar-refractivity contribution in [3.05, 3.63) is 23.4 Å². The zero-order valence-corrected chi connectivity index (χ0v) is 16.9. The SMILES string of the molecule is CCOC(=O)C(F)(F)CCCc1ccc2c(n1)N(C(=O)OC(C)(C)C)CCC2. The number of amides is 1. The summed E-state index contributed by atoms with van der Waals surface area (Å²) in [6.45, 7) is 7.29. The average molecular weight is 398 g/mol. The molecule has 0 unspecified atom stereocenters. The van der Waals surface area contributed by atoms with Crippen molar-refractivity contribution in [3.63, 3.8) is 0 Å². The van der Waals surface area contributed by atoms with Crippen molar-refractivity contribution in [1.82, 2.24) is 4.98 Å². The Kier molecular flexibility index (Phi) is 6.96. The lowest BCUT2D eigenvalue weighted by atomic mass is 10.0. The topological polar surface area (TPSA) is 68.7 Å². The maximum atomic E-state index is 13.7. The van der Waals surface area contributed by atoms with Crippen LogP contribution in [0.5, 0.6) is 0 Å². The Hall–Kier alpha value is -2.25. The molecule has 1 aromatic rings. The van der Waals surface area contributed by atoms with Crippen LogP contribution in [0.2, 0.25) is 0 Å². The number of ether oxygens (including phenoxy) is 2. The third-order valence-corrected chi connectivity index (χ3v) is 4.21. The summed E-state index contributed by atoms with van der Waals surface area (Å²) < 4.78 is 37.3. The number of esters is 1. The summed E-state index contributed by atoms with van der Waals surface area (Å²) in [6, 6.07) is 3.65. The van der Waals surface area contributed by atoms with E-state index in [1.54, 1.807) is 26.8 Å². The second-order valence-corrected chi connectivity index (χ2v) is 7.80. The van der Waals surface area contributed by atoms with Crippen molar-refractivity contribution >= 4 is 17.9 Å². The fourth-order valence-corrected chi connectivity index (χ4v) is 2.94. The molecule has 0 saturated heterocycles. The van der Waals surface area contributed by atoms with Crippen LogP contribution in [0.15, 0.2) is 12.1 Å². The van der Waals surface area contributed by atoms with E-state index in [-0.39, 0.29) is 19.4 Å². The Morgan fingerprint density at radius 3 is 2.61 bits per heavy atom. The third-order valence-electron chi connectivity index (χ3n) is 4.21. The van der Waals surface area contributed by atoms with Gasteiger partial charge >= 0.3 is 18.0 Å². The van der Waals surface area contributed by atoms with Crippen LogP contribution < -0.4 is 4.90 Å². The number of rotatable bonds is 6. The molecule has 1 aliphatic rings. The maximum absolute atomic E-state index is 13.7. The Bertz CT molecular complexity index is 717. The summed E-state index contributed by atoms with van der Waals surface area (Å²) >= 11 is 0. The lowest BCUT2D eigenvalue weighted by Crippen LogP contribution is -2.40. The molecule has 1 aromatic heterocycles. The standard InChI is InChI=1S/C20H28F2N2O4/c1-5-27-17(25)20(21,22)12-6-9-15-11-10-14-8-7-13-24(16(14)23-15)18(26)28-19(2,3)4/h10-11H,5-9,12-13H2,1-4H3. The molecule has 0 aromatic carbocycles.